The minimum absolute atomic E-state index is 0.227. The van der Waals surface area contributed by atoms with Gasteiger partial charge in [0, 0.05) is 12.0 Å². The Kier molecular flexibility index (Phi) is 5.44. The summed E-state index contributed by atoms with van der Waals surface area (Å²) in [4.78, 5) is 11.2. The van der Waals surface area contributed by atoms with Crippen LogP contribution in [-0.2, 0) is 4.79 Å². The molecule has 0 atom stereocenters. The van der Waals surface area contributed by atoms with Crippen LogP contribution in [0.25, 0.3) is 0 Å². The molecule has 0 amide bonds. The van der Waals surface area contributed by atoms with Crippen LogP contribution in [0.2, 0.25) is 0 Å². The Morgan fingerprint density at radius 2 is 2.00 bits per heavy atom. The van der Waals surface area contributed by atoms with Crippen LogP contribution < -0.4 is 0 Å². The van der Waals surface area contributed by atoms with Gasteiger partial charge in [-0.05, 0) is 13.3 Å². The second kappa shape index (κ2) is 5.90. The van der Waals surface area contributed by atoms with E-state index < -0.39 is 0 Å². The molecule has 0 aromatic carbocycles. The summed E-state index contributed by atoms with van der Waals surface area (Å²) >= 11 is 0. The van der Waals surface area contributed by atoms with Gasteiger partial charge in [-0.1, -0.05) is 32.1 Å². The topological polar surface area (TPSA) is 17.1 Å². The number of rotatable bonds is 4. The van der Waals surface area contributed by atoms with Crippen molar-refractivity contribution in [2.45, 2.75) is 33.6 Å². The van der Waals surface area contributed by atoms with Gasteiger partial charge >= 0.3 is 0 Å². The number of allylic oxidation sites excluding steroid dienone is 4. The SMILES string of the molecule is C/C=C\C(=C/CC)C(=O)CC. The Bertz CT molecular complexity index is 175. The Morgan fingerprint density at radius 3 is 2.36 bits per heavy atom. The van der Waals surface area contributed by atoms with E-state index in [9.17, 15) is 4.79 Å². The lowest BCUT2D eigenvalue weighted by atomic mass is 10.1. The second-order valence-corrected chi connectivity index (χ2v) is 2.34. The summed E-state index contributed by atoms with van der Waals surface area (Å²) in [6, 6.07) is 0. The first-order valence-corrected chi connectivity index (χ1v) is 4.12. The molecule has 0 radical (unpaired) electrons. The Labute approximate surface area is 68.8 Å². The van der Waals surface area contributed by atoms with Gasteiger partial charge in [-0.25, -0.2) is 0 Å². The summed E-state index contributed by atoms with van der Waals surface area (Å²) in [5.74, 6) is 0.227. The molecule has 0 N–H and O–H groups in total. The molecular weight excluding hydrogens is 136 g/mol. The van der Waals surface area contributed by atoms with Crippen molar-refractivity contribution >= 4 is 5.78 Å². The van der Waals surface area contributed by atoms with Crippen LogP contribution in [0.15, 0.2) is 23.8 Å². The quantitative estimate of drug-likeness (QED) is 0.447. The predicted molar refractivity (Wildman–Crippen MR) is 48.5 cm³/mol. The van der Waals surface area contributed by atoms with E-state index in [1.807, 2.05) is 39.0 Å². The molecule has 0 rings (SSSR count). The normalized spacial score (nSPS) is 12.5. The average molecular weight is 152 g/mol. The van der Waals surface area contributed by atoms with E-state index in [2.05, 4.69) is 0 Å². The van der Waals surface area contributed by atoms with Gasteiger partial charge in [0.1, 0.15) is 0 Å². The largest absolute Gasteiger partial charge is 0.294 e. The van der Waals surface area contributed by atoms with Crippen LogP contribution in [0.1, 0.15) is 33.6 Å². The van der Waals surface area contributed by atoms with E-state index in [1.165, 1.54) is 0 Å². The van der Waals surface area contributed by atoms with Crippen molar-refractivity contribution in [3.63, 3.8) is 0 Å². The van der Waals surface area contributed by atoms with Crippen molar-refractivity contribution in [2.75, 3.05) is 0 Å². The minimum Gasteiger partial charge on any atom is -0.294 e. The summed E-state index contributed by atoms with van der Waals surface area (Å²) < 4.78 is 0. The fourth-order valence-corrected chi connectivity index (χ4v) is 0.878. The highest BCUT2D eigenvalue weighted by Crippen LogP contribution is 2.03. The van der Waals surface area contributed by atoms with E-state index in [1.54, 1.807) is 0 Å². The highest BCUT2D eigenvalue weighted by molar-refractivity contribution is 5.97. The maximum absolute atomic E-state index is 11.2. The first kappa shape index (κ1) is 10.2. The molecule has 11 heavy (non-hydrogen) atoms. The first-order valence-electron chi connectivity index (χ1n) is 4.12. The monoisotopic (exact) mass is 152 g/mol. The fourth-order valence-electron chi connectivity index (χ4n) is 0.878. The van der Waals surface area contributed by atoms with E-state index in [0.29, 0.717) is 6.42 Å². The molecule has 0 aromatic heterocycles. The molecule has 0 spiro atoms. The van der Waals surface area contributed by atoms with Gasteiger partial charge in [-0.2, -0.15) is 0 Å². The molecule has 1 heteroatoms. The molecule has 0 saturated carbocycles. The Morgan fingerprint density at radius 1 is 1.36 bits per heavy atom. The number of hydrogen-bond acceptors (Lipinski definition) is 1. The third-order valence-electron chi connectivity index (χ3n) is 1.41. The summed E-state index contributed by atoms with van der Waals surface area (Å²) in [7, 11) is 0. The molecule has 0 saturated heterocycles. The molecule has 0 aliphatic carbocycles. The van der Waals surface area contributed by atoms with Crippen LogP contribution >= 0.6 is 0 Å². The molecule has 0 aliphatic heterocycles. The fraction of sp³-hybridized carbons (Fsp3) is 0.500. The number of carbonyl (C=O) groups excluding carboxylic acids is 1. The maximum atomic E-state index is 11.2. The van der Waals surface area contributed by atoms with Crippen molar-refractivity contribution in [3.05, 3.63) is 23.8 Å². The van der Waals surface area contributed by atoms with Crippen molar-refractivity contribution in [1.82, 2.24) is 0 Å². The lowest BCUT2D eigenvalue weighted by molar-refractivity contribution is -0.115. The van der Waals surface area contributed by atoms with Crippen molar-refractivity contribution < 1.29 is 4.79 Å². The molecule has 0 unspecified atom stereocenters. The zero-order valence-electron chi connectivity index (χ0n) is 7.55. The average Bonchev–Trinajstić information content (AvgIpc) is 2.03. The Hall–Kier alpha value is -0.850. The molecule has 0 aromatic rings. The molecule has 0 fully saturated rings. The lowest BCUT2D eigenvalue weighted by Crippen LogP contribution is -1.97. The van der Waals surface area contributed by atoms with Crippen LogP contribution in [0, 0.1) is 0 Å². The second-order valence-electron chi connectivity index (χ2n) is 2.34. The van der Waals surface area contributed by atoms with Gasteiger partial charge in [0.2, 0.25) is 0 Å². The molecule has 1 nitrogen and oxygen atoms in total. The van der Waals surface area contributed by atoms with Gasteiger partial charge in [-0.3, -0.25) is 4.79 Å². The van der Waals surface area contributed by atoms with Gasteiger partial charge in [0.05, 0.1) is 0 Å². The summed E-state index contributed by atoms with van der Waals surface area (Å²) in [5.41, 5.74) is 0.845. The van der Waals surface area contributed by atoms with Crippen molar-refractivity contribution in [3.8, 4) is 0 Å². The molecule has 0 heterocycles. The molecule has 62 valence electrons. The smallest absolute Gasteiger partial charge is 0.162 e. The Balaban J connectivity index is 4.34. The standard InChI is InChI=1S/C10H16O/c1-4-7-9(8-5-2)10(11)6-3/h4,7-8H,5-6H2,1-3H3/b7-4-,9-8+. The zero-order chi connectivity index (χ0) is 8.69. The summed E-state index contributed by atoms with van der Waals surface area (Å²) in [6.45, 7) is 5.84. The van der Waals surface area contributed by atoms with Gasteiger partial charge < -0.3 is 0 Å². The van der Waals surface area contributed by atoms with Gasteiger partial charge in [0.15, 0.2) is 5.78 Å². The summed E-state index contributed by atoms with van der Waals surface area (Å²) in [5, 5.41) is 0. The lowest BCUT2D eigenvalue weighted by Gasteiger charge is -1.96. The van der Waals surface area contributed by atoms with Crippen LogP contribution in [0.5, 0.6) is 0 Å². The zero-order valence-corrected chi connectivity index (χ0v) is 7.55. The van der Waals surface area contributed by atoms with Crippen LogP contribution in [0.4, 0.5) is 0 Å². The number of hydrogen-bond donors (Lipinski definition) is 0. The van der Waals surface area contributed by atoms with Crippen LogP contribution in [0.3, 0.4) is 0 Å². The van der Waals surface area contributed by atoms with Crippen LogP contribution in [-0.4, -0.2) is 5.78 Å². The van der Waals surface area contributed by atoms with Crippen molar-refractivity contribution in [1.29, 1.82) is 0 Å². The van der Waals surface area contributed by atoms with Crippen molar-refractivity contribution in [2.24, 2.45) is 0 Å². The number of carbonyl (C=O) groups is 1. The maximum Gasteiger partial charge on any atom is 0.162 e. The van der Waals surface area contributed by atoms with Gasteiger partial charge in [0.25, 0.3) is 0 Å². The molecular formula is C10H16O. The molecule has 0 aliphatic rings. The number of Topliss-reactive ketones (excluding diaryl/α,β-unsaturated/α-hetero) is 1. The van der Waals surface area contributed by atoms with E-state index in [-0.39, 0.29) is 5.78 Å². The summed E-state index contributed by atoms with van der Waals surface area (Å²) in [6.07, 6.45) is 7.25. The first-order chi connectivity index (χ1) is 5.26. The van der Waals surface area contributed by atoms with E-state index in [0.717, 1.165) is 12.0 Å². The van der Waals surface area contributed by atoms with E-state index in [4.69, 9.17) is 0 Å². The minimum atomic E-state index is 0.227. The van der Waals surface area contributed by atoms with Gasteiger partial charge in [-0.15, -0.1) is 0 Å². The third-order valence-corrected chi connectivity index (χ3v) is 1.41. The third kappa shape index (κ3) is 3.76. The van der Waals surface area contributed by atoms with E-state index >= 15 is 0 Å². The number of ketones is 1. The highest BCUT2D eigenvalue weighted by atomic mass is 16.1. The molecule has 0 bridgehead atoms. The highest BCUT2D eigenvalue weighted by Gasteiger charge is 2.00. The predicted octanol–water partition coefficient (Wildman–Crippen LogP) is 2.88.